The summed E-state index contributed by atoms with van der Waals surface area (Å²) in [5.74, 6) is -0.580. The van der Waals surface area contributed by atoms with Gasteiger partial charge in [-0.3, -0.25) is 10.2 Å². The number of carbonyl (C=O) groups excluding carboxylic acids is 1. The van der Waals surface area contributed by atoms with Crippen LogP contribution in [0.15, 0.2) is 36.5 Å². The normalized spacial score (nSPS) is 10.7. The van der Waals surface area contributed by atoms with Gasteiger partial charge in [-0.15, -0.1) is 16.4 Å². The van der Waals surface area contributed by atoms with Gasteiger partial charge in [-0.25, -0.2) is 9.07 Å². The highest BCUT2D eigenvalue weighted by Crippen LogP contribution is 2.21. The van der Waals surface area contributed by atoms with Crippen LogP contribution in [0.1, 0.15) is 20.9 Å². The van der Waals surface area contributed by atoms with Gasteiger partial charge in [0.15, 0.2) is 0 Å². The SMILES string of the molecule is CN(C)C(=N)c1ccc(-n2cc(CNC(=O)c3ccc(Cl)s3)nn2)c(F)c1. The molecule has 0 aliphatic rings. The van der Waals surface area contributed by atoms with Crippen LogP contribution >= 0.6 is 22.9 Å². The second-order valence-corrected chi connectivity index (χ2v) is 7.57. The van der Waals surface area contributed by atoms with Gasteiger partial charge in [-0.1, -0.05) is 16.8 Å². The third-order valence-electron chi connectivity index (χ3n) is 3.68. The number of hydrogen-bond donors (Lipinski definition) is 2. The van der Waals surface area contributed by atoms with E-state index in [1.54, 1.807) is 37.2 Å². The molecule has 1 aromatic carbocycles. The Morgan fingerprint density at radius 2 is 2.15 bits per heavy atom. The summed E-state index contributed by atoms with van der Waals surface area (Å²) in [5.41, 5.74) is 1.15. The zero-order valence-corrected chi connectivity index (χ0v) is 16.1. The van der Waals surface area contributed by atoms with Crippen LogP contribution in [0.4, 0.5) is 4.39 Å². The molecule has 0 radical (unpaired) electrons. The number of carbonyl (C=O) groups is 1. The average molecular weight is 407 g/mol. The molecule has 0 unspecified atom stereocenters. The number of nitrogens with zero attached hydrogens (tertiary/aromatic N) is 4. The molecule has 27 heavy (non-hydrogen) atoms. The van der Waals surface area contributed by atoms with Crippen LogP contribution in [-0.2, 0) is 6.54 Å². The highest BCUT2D eigenvalue weighted by Gasteiger charge is 2.13. The minimum Gasteiger partial charge on any atom is -0.363 e. The van der Waals surface area contributed by atoms with Crippen molar-refractivity contribution >= 4 is 34.7 Å². The number of aromatic nitrogens is 3. The maximum absolute atomic E-state index is 14.4. The molecular weight excluding hydrogens is 391 g/mol. The van der Waals surface area contributed by atoms with Gasteiger partial charge < -0.3 is 10.2 Å². The fourth-order valence-electron chi connectivity index (χ4n) is 2.29. The molecule has 2 aromatic heterocycles. The molecule has 140 valence electrons. The molecule has 1 amide bonds. The third kappa shape index (κ3) is 4.32. The monoisotopic (exact) mass is 406 g/mol. The minimum absolute atomic E-state index is 0.152. The molecule has 2 heterocycles. The lowest BCUT2D eigenvalue weighted by atomic mass is 10.1. The lowest BCUT2D eigenvalue weighted by Gasteiger charge is -2.14. The van der Waals surface area contributed by atoms with Crippen molar-refractivity contribution in [3.63, 3.8) is 0 Å². The summed E-state index contributed by atoms with van der Waals surface area (Å²) in [4.78, 5) is 14.1. The molecule has 0 bridgehead atoms. The number of rotatable bonds is 5. The molecule has 0 fully saturated rings. The Balaban J connectivity index is 1.70. The molecule has 3 rings (SSSR count). The summed E-state index contributed by atoms with van der Waals surface area (Å²) < 4.78 is 16.3. The van der Waals surface area contributed by atoms with E-state index in [1.807, 2.05) is 0 Å². The number of hydrogen-bond acceptors (Lipinski definition) is 5. The molecule has 10 heteroatoms. The van der Waals surface area contributed by atoms with Crippen molar-refractivity contribution in [3.05, 3.63) is 62.8 Å². The molecule has 0 atom stereocenters. The summed E-state index contributed by atoms with van der Waals surface area (Å²) in [6.07, 6.45) is 1.54. The summed E-state index contributed by atoms with van der Waals surface area (Å²) in [5, 5.41) is 18.5. The number of thiophene rings is 1. The van der Waals surface area contributed by atoms with Crippen molar-refractivity contribution in [2.45, 2.75) is 6.54 Å². The van der Waals surface area contributed by atoms with Crippen LogP contribution in [0, 0.1) is 11.2 Å². The van der Waals surface area contributed by atoms with E-state index in [1.165, 1.54) is 34.3 Å². The zero-order chi connectivity index (χ0) is 19.6. The van der Waals surface area contributed by atoms with E-state index in [0.717, 1.165) is 0 Å². The Morgan fingerprint density at radius 3 is 2.78 bits per heavy atom. The van der Waals surface area contributed by atoms with E-state index in [0.29, 0.717) is 20.5 Å². The van der Waals surface area contributed by atoms with E-state index < -0.39 is 5.82 Å². The molecule has 0 saturated heterocycles. The first kappa shape index (κ1) is 19.0. The van der Waals surface area contributed by atoms with Crippen molar-refractivity contribution in [1.29, 1.82) is 5.41 Å². The average Bonchev–Trinajstić information content (AvgIpc) is 3.28. The second kappa shape index (κ2) is 7.85. The van der Waals surface area contributed by atoms with Gasteiger partial charge in [0.05, 0.1) is 22.0 Å². The second-order valence-electron chi connectivity index (χ2n) is 5.85. The molecule has 7 nitrogen and oxygen atoms in total. The number of amides is 1. The van der Waals surface area contributed by atoms with Crippen molar-refractivity contribution in [1.82, 2.24) is 25.2 Å². The molecule has 0 saturated carbocycles. The van der Waals surface area contributed by atoms with Crippen LogP contribution in [0.5, 0.6) is 0 Å². The lowest BCUT2D eigenvalue weighted by molar-refractivity contribution is 0.0954. The first-order valence-corrected chi connectivity index (χ1v) is 9.05. The Kier molecular flexibility index (Phi) is 5.52. The van der Waals surface area contributed by atoms with Crippen molar-refractivity contribution in [2.24, 2.45) is 0 Å². The molecular formula is C17H16ClFN6OS. The Labute approximate surface area is 163 Å². The molecule has 0 aliphatic carbocycles. The van der Waals surface area contributed by atoms with Crippen molar-refractivity contribution in [2.75, 3.05) is 14.1 Å². The first-order chi connectivity index (χ1) is 12.8. The summed E-state index contributed by atoms with van der Waals surface area (Å²) in [6, 6.07) is 7.75. The largest absolute Gasteiger partial charge is 0.363 e. The van der Waals surface area contributed by atoms with Crippen LogP contribution in [0.2, 0.25) is 4.34 Å². The molecule has 2 N–H and O–H groups in total. The van der Waals surface area contributed by atoms with Gasteiger partial charge in [-0.05, 0) is 30.3 Å². The molecule has 3 aromatic rings. The van der Waals surface area contributed by atoms with Crippen molar-refractivity contribution < 1.29 is 9.18 Å². The third-order valence-corrected chi connectivity index (χ3v) is 4.91. The number of nitrogens with one attached hydrogen (secondary N) is 2. The fourth-order valence-corrected chi connectivity index (χ4v) is 3.25. The number of benzene rings is 1. The highest BCUT2D eigenvalue weighted by molar-refractivity contribution is 7.17. The van der Waals surface area contributed by atoms with E-state index in [2.05, 4.69) is 15.6 Å². The lowest BCUT2D eigenvalue weighted by Crippen LogP contribution is -2.22. The summed E-state index contributed by atoms with van der Waals surface area (Å²) >= 11 is 7.00. The van der Waals surface area contributed by atoms with E-state index in [-0.39, 0.29) is 24.0 Å². The van der Waals surface area contributed by atoms with Gasteiger partial charge in [0.25, 0.3) is 5.91 Å². The van der Waals surface area contributed by atoms with E-state index >= 15 is 0 Å². The maximum Gasteiger partial charge on any atom is 0.261 e. The van der Waals surface area contributed by atoms with Gasteiger partial charge in [-0.2, -0.15) is 0 Å². The quantitative estimate of drug-likeness (QED) is 0.503. The maximum atomic E-state index is 14.4. The van der Waals surface area contributed by atoms with E-state index in [4.69, 9.17) is 17.0 Å². The van der Waals surface area contributed by atoms with Gasteiger partial charge in [0.1, 0.15) is 23.0 Å². The predicted octanol–water partition coefficient (Wildman–Crippen LogP) is 2.94. The standard InChI is InChI=1S/C17H16ClFN6OS/c1-24(2)16(20)10-3-4-13(12(19)7-10)25-9-11(22-23-25)8-21-17(26)14-5-6-15(18)27-14/h3-7,9,20H,8H2,1-2H3,(H,21,26). The predicted molar refractivity (Wildman–Crippen MR) is 102 cm³/mol. The Morgan fingerprint density at radius 1 is 1.37 bits per heavy atom. The van der Waals surface area contributed by atoms with Crippen LogP contribution in [0.3, 0.4) is 0 Å². The minimum atomic E-state index is -0.521. The van der Waals surface area contributed by atoms with Crippen LogP contribution in [-0.4, -0.2) is 45.7 Å². The van der Waals surface area contributed by atoms with Gasteiger partial charge in [0, 0.05) is 19.7 Å². The van der Waals surface area contributed by atoms with Crippen LogP contribution in [0.25, 0.3) is 5.69 Å². The number of halogens is 2. The van der Waals surface area contributed by atoms with Gasteiger partial charge >= 0.3 is 0 Å². The Hall–Kier alpha value is -2.78. The van der Waals surface area contributed by atoms with E-state index in [9.17, 15) is 9.18 Å². The summed E-state index contributed by atoms with van der Waals surface area (Å²) in [6.45, 7) is 0.152. The molecule has 0 aliphatic heterocycles. The first-order valence-electron chi connectivity index (χ1n) is 7.86. The van der Waals surface area contributed by atoms with Gasteiger partial charge in [0.2, 0.25) is 0 Å². The number of amidine groups is 1. The van der Waals surface area contributed by atoms with Crippen molar-refractivity contribution in [3.8, 4) is 5.69 Å². The molecule has 0 spiro atoms. The summed E-state index contributed by atoms with van der Waals surface area (Å²) in [7, 11) is 3.44. The fraction of sp³-hybridized carbons (Fsp3) is 0.176. The van der Waals surface area contributed by atoms with Crippen LogP contribution < -0.4 is 5.32 Å². The zero-order valence-electron chi connectivity index (χ0n) is 14.5. The topological polar surface area (TPSA) is 86.9 Å². The highest BCUT2D eigenvalue weighted by atomic mass is 35.5. The smallest absolute Gasteiger partial charge is 0.261 e. The Bertz CT molecular complexity index is 999.